The fourth-order valence-electron chi connectivity index (χ4n) is 5.18. The number of halogens is 1. The summed E-state index contributed by atoms with van der Waals surface area (Å²) in [6.45, 7) is 0.165. The van der Waals surface area contributed by atoms with Crippen molar-refractivity contribution in [2.75, 3.05) is 27.4 Å². The topological polar surface area (TPSA) is 107 Å². The van der Waals surface area contributed by atoms with Crippen molar-refractivity contribution >= 4 is 27.9 Å². The second-order valence-corrected chi connectivity index (χ2v) is 10.8. The molecule has 2 heterocycles. The molecule has 0 saturated carbocycles. The van der Waals surface area contributed by atoms with Crippen molar-refractivity contribution in [2.24, 2.45) is 0 Å². The van der Waals surface area contributed by atoms with Crippen LogP contribution in [0.2, 0.25) is 0 Å². The van der Waals surface area contributed by atoms with Crippen LogP contribution in [0.5, 0.6) is 11.5 Å². The van der Waals surface area contributed by atoms with Gasteiger partial charge in [-0.2, -0.15) is 0 Å². The zero-order chi connectivity index (χ0) is 28.3. The maximum atomic E-state index is 12.5. The summed E-state index contributed by atoms with van der Waals surface area (Å²) in [5, 5.41) is 13.3. The van der Waals surface area contributed by atoms with E-state index in [-0.39, 0.29) is 19.6 Å². The average Bonchev–Trinajstić information content (AvgIpc) is 3.36. The molecule has 2 saturated heterocycles. The van der Waals surface area contributed by atoms with E-state index in [0.29, 0.717) is 11.5 Å². The molecule has 2 N–H and O–H groups in total. The van der Waals surface area contributed by atoms with E-state index in [9.17, 15) is 14.7 Å². The Morgan fingerprint density at radius 3 is 2.02 bits per heavy atom. The number of aliphatic hydroxyl groups is 1. The van der Waals surface area contributed by atoms with E-state index in [1.807, 2.05) is 78.9 Å². The van der Waals surface area contributed by atoms with Crippen LogP contribution in [0, 0.1) is 0 Å². The lowest BCUT2D eigenvalue weighted by Gasteiger charge is -2.37. The van der Waals surface area contributed by atoms with Gasteiger partial charge in [-0.15, -0.1) is 0 Å². The molecule has 0 radical (unpaired) electrons. The number of hydrogen-bond acceptors (Lipinski definition) is 7. The van der Waals surface area contributed by atoms with Gasteiger partial charge in [-0.3, -0.25) is 15.0 Å². The predicted octanol–water partition coefficient (Wildman–Crippen LogP) is 3.80. The molecule has 0 bridgehead atoms. The zero-order valence-electron chi connectivity index (χ0n) is 22.2. The van der Waals surface area contributed by atoms with Gasteiger partial charge in [0.15, 0.2) is 0 Å². The summed E-state index contributed by atoms with van der Waals surface area (Å²) in [4.78, 5) is 25.2. The lowest BCUT2D eigenvalue weighted by atomic mass is 9.80. The number of alkyl halides is 1. The number of nitrogens with zero attached hydrogens (tertiary/aromatic N) is 1. The predicted molar refractivity (Wildman–Crippen MR) is 151 cm³/mol. The van der Waals surface area contributed by atoms with E-state index in [0.717, 1.165) is 16.7 Å². The molecule has 2 fully saturated rings. The number of amides is 3. The molecule has 0 aromatic heterocycles. The molecule has 40 heavy (non-hydrogen) atoms. The summed E-state index contributed by atoms with van der Waals surface area (Å²) >= 11 is 3.29. The minimum Gasteiger partial charge on any atom is -0.497 e. The first-order valence-corrected chi connectivity index (χ1v) is 13.8. The molecule has 2 aliphatic rings. The number of hydrogen-bond donors (Lipinski definition) is 2. The van der Waals surface area contributed by atoms with E-state index in [2.05, 4.69) is 21.2 Å². The Labute approximate surface area is 241 Å². The smallest absolute Gasteiger partial charge is 0.326 e. The molecule has 0 spiro atoms. The molecular formula is C30H31BrN2O7. The number of benzene rings is 3. The van der Waals surface area contributed by atoms with Crippen molar-refractivity contribution in [3.8, 4) is 11.5 Å². The largest absolute Gasteiger partial charge is 0.497 e. The van der Waals surface area contributed by atoms with E-state index >= 15 is 0 Å². The molecule has 2 aliphatic heterocycles. The minimum atomic E-state index is -1.07. The second-order valence-electron chi connectivity index (χ2n) is 9.66. The highest BCUT2D eigenvalue weighted by Gasteiger charge is 2.45. The Bertz CT molecular complexity index is 1270. The van der Waals surface area contributed by atoms with Crippen LogP contribution in [0.4, 0.5) is 4.79 Å². The average molecular weight is 611 g/mol. The van der Waals surface area contributed by atoms with Crippen LogP contribution in [0.25, 0.3) is 0 Å². The molecule has 3 amide bonds. The summed E-state index contributed by atoms with van der Waals surface area (Å²) < 4.78 is 23.8. The summed E-state index contributed by atoms with van der Waals surface area (Å²) in [5.41, 5.74) is 1.51. The van der Waals surface area contributed by atoms with Gasteiger partial charge in [-0.1, -0.05) is 70.5 Å². The molecule has 3 aromatic rings. The van der Waals surface area contributed by atoms with Crippen LogP contribution in [0.3, 0.4) is 0 Å². The van der Waals surface area contributed by atoms with Crippen LogP contribution < -0.4 is 14.8 Å². The van der Waals surface area contributed by atoms with Crippen molar-refractivity contribution in [1.82, 2.24) is 10.2 Å². The number of nitrogens with one attached hydrogen (secondary N) is 1. The zero-order valence-corrected chi connectivity index (χ0v) is 23.7. The van der Waals surface area contributed by atoms with Crippen molar-refractivity contribution in [3.63, 3.8) is 0 Å². The van der Waals surface area contributed by atoms with Crippen LogP contribution in [-0.2, 0) is 19.9 Å². The van der Waals surface area contributed by atoms with E-state index in [4.69, 9.17) is 18.9 Å². The highest BCUT2D eigenvalue weighted by Crippen LogP contribution is 2.42. The molecule has 4 atom stereocenters. The van der Waals surface area contributed by atoms with Crippen LogP contribution in [-0.4, -0.2) is 72.6 Å². The van der Waals surface area contributed by atoms with Crippen molar-refractivity contribution < 1.29 is 33.6 Å². The van der Waals surface area contributed by atoms with E-state index < -0.39 is 40.8 Å². The standard InChI is InChI=1S/C30H31BrN2O7/c1-37-22-12-8-20(9-13-22)30(19-6-4-3-5-7-19,21-10-14-23(38-2)15-11-21)39-18-26-25(34)16-27(40-26)33-17-24(31)28(35)32-29(33)36/h3-15,24-27,34H,16-18H2,1-2H3,(H,32,35,36)/t24?,25-,26+,27+/m0/s1. The highest BCUT2D eigenvalue weighted by molar-refractivity contribution is 9.10. The van der Waals surface area contributed by atoms with Gasteiger partial charge in [0, 0.05) is 13.0 Å². The van der Waals surface area contributed by atoms with Gasteiger partial charge in [0.2, 0.25) is 5.91 Å². The number of carbonyl (C=O) groups excluding carboxylic acids is 2. The number of aliphatic hydroxyl groups excluding tert-OH is 1. The van der Waals surface area contributed by atoms with Gasteiger partial charge >= 0.3 is 6.03 Å². The Balaban J connectivity index is 1.49. The molecular weight excluding hydrogens is 580 g/mol. The normalized spacial score (nSPS) is 23.1. The number of urea groups is 1. The Morgan fingerprint density at radius 2 is 1.48 bits per heavy atom. The van der Waals surface area contributed by atoms with Crippen LogP contribution >= 0.6 is 15.9 Å². The fraction of sp³-hybridized carbons (Fsp3) is 0.333. The minimum absolute atomic E-state index is 0.0246. The summed E-state index contributed by atoms with van der Waals surface area (Å²) in [6, 6.07) is 24.6. The first kappa shape index (κ1) is 28.1. The molecule has 5 rings (SSSR count). The van der Waals surface area contributed by atoms with E-state index in [1.165, 1.54) is 4.90 Å². The first-order chi connectivity index (χ1) is 19.3. The van der Waals surface area contributed by atoms with Crippen molar-refractivity contribution in [1.29, 1.82) is 0 Å². The van der Waals surface area contributed by atoms with Gasteiger partial charge in [0.25, 0.3) is 0 Å². The molecule has 0 aliphatic carbocycles. The molecule has 10 heteroatoms. The van der Waals surface area contributed by atoms with Crippen molar-refractivity contribution in [2.45, 2.75) is 35.3 Å². The summed E-state index contributed by atoms with van der Waals surface area (Å²) in [5.74, 6) is 1.02. The monoisotopic (exact) mass is 610 g/mol. The first-order valence-electron chi connectivity index (χ1n) is 12.9. The van der Waals surface area contributed by atoms with Crippen LogP contribution in [0.15, 0.2) is 78.9 Å². The van der Waals surface area contributed by atoms with Gasteiger partial charge in [0.1, 0.15) is 34.3 Å². The van der Waals surface area contributed by atoms with Gasteiger partial charge < -0.3 is 24.1 Å². The third kappa shape index (κ3) is 5.44. The Kier molecular flexibility index (Phi) is 8.41. The van der Waals surface area contributed by atoms with Gasteiger partial charge in [-0.25, -0.2) is 4.79 Å². The van der Waals surface area contributed by atoms with Gasteiger partial charge in [-0.05, 0) is 41.0 Å². The third-order valence-corrected chi connectivity index (χ3v) is 8.03. The number of ether oxygens (including phenoxy) is 4. The Morgan fingerprint density at radius 1 is 0.925 bits per heavy atom. The lowest BCUT2D eigenvalue weighted by Crippen LogP contribution is -2.58. The quantitative estimate of drug-likeness (QED) is 0.280. The SMILES string of the molecule is COc1ccc(C(OC[C@H]2O[C@@H](N3CC(Br)C(=O)NC3=O)C[C@@H]2O)(c2ccccc2)c2ccc(OC)cc2)cc1. The third-order valence-electron chi connectivity index (χ3n) is 7.32. The number of methoxy groups -OCH3 is 2. The maximum absolute atomic E-state index is 12.5. The number of rotatable bonds is 9. The maximum Gasteiger partial charge on any atom is 0.326 e. The summed E-state index contributed by atoms with van der Waals surface area (Å²) in [6.07, 6.45) is -2.11. The lowest BCUT2D eigenvalue weighted by molar-refractivity contribution is -0.124. The fourth-order valence-corrected chi connectivity index (χ4v) is 5.61. The van der Waals surface area contributed by atoms with Crippen molar-refractivity contribution in [3.05, 3.63) is 95.6 Å². The molecule has 3 aromatic carbocycles. The van der Waals surface area contributed by atoms with Crippen LogP contribution in [0.1, 0.15) is 23.1 Å². The Hall–Kier alpha value is -3.44. The summed E-state index contributed by atoms with van der Waals surface area (Å²) in [7, 11) is 3.23. The molecule has 9 nitrogen and oxygen atoms in total. The number of imide groups is 1. The number of carbonyl (C=O) groups is 2. The second kappa shape index (κ2) is 12.0. The van der Waals surface area contributed by atoms with Gasteiger partial charge in [0.05, 0.1) is 26.9 Å². The molecule has 1 unspecified atom stereocenters. The highest BCUT2D eigenvalue weighted by atomic mass is 79.9. The molecule has 210 valence electrons. The van der Waals surface area contributed by atoms with E-state index in [1.54, 1.807) is 14.2 Å².